The van der Waals surface area contributed by atoms with Gasteiger partial charge in [0.15, 0.2) is 0 Å². The van der Waals surface area contributed by atoms with Gasteiger partial charge in [0.05, 0.1) is 4.88 Å². The number of halogens is 1. The zero-order chi connectivity index (χ0) is 14.3. The summed E-state index contributed by atoms with van der Waals surface area (Å²) in [6, 6.07) is 12.1. The third-order valence-corrected chi connectivity index (χ3v) is 4.57. The molecule has 0 amide bonds. The number of ketones is 1. The van der Waals surface area contributed by atoms with Crippen LogP contribution in [0.25, 0.3) is 10.1 Å². The maximum absolute atomic E-state index is 13.2. The van der Waals surface area contributed by atoms with Crippen molar-refractivity contribution in [2.24, 2.45) is 0 Å². The van der Waals surface area contributed by atoms with E-state index < -0.39 is 0 Å². The van der Waals surface area contributed by atoms with Crippen LogP contribution in [0.5, 0.6) is 0 Å². The lowest BCUT2D eigenvalue weighted by Gasteiger charge is -2.02. The predicted molar refractivity (Wildman–Crippen MR) is 81.1 cm³/mol. The minimum absolute atomic E-state index is 0.00490. The van der Waals surface area contributed by atoms with Crippen LogP contribution in [0.1, 0.15) is 26.4 Å². The van der Waals surface area contributed by atoms with E-state index in [0.29, 0.717) is 10.4 Å². The highest BCUT2D eigenvalue weighted by molar-refractivity contribution is 7.21. The number of thiophene rings is 1. The summed E-state index contributed by atoms with van der Waals surface area (Å²) in [5.74, 6) is -0.278. The highest BCUT2D eigenvalue weighted by Gasteiger charge is 2.13. The van der Waals surface area contributed by atoms with Crippen molar-refractivity contribution < 1.29 is 9.18 Å². The molecule has 0 aliphatic carbocycles. The molecule has 0 atom stereocenters. The molecule has 3 aromatic rings. The second-order valence-electron chi connectivity index (χ2n) is 4.92. The molecule has 0 aliphatic heterocycles. The van der Waals surface area contributed by atoms with Crippen LogP contribution in [-0.4, -0.2) is 5.78 Å². The van der Waals surface area contributed by atoms with Crippen molar-refractivity contribution in [3.63, 3.8) is 0 Å². The molecule has 20 heavy (non-hydrogen) atoms. The van der Waals surface area contributed by atoms with E-state index in [2.05, 4.69) is 0 Å². The Hall–Kier alpha value is -2.00. The second-order valence-corrected chi connectivity index (χ2v) is 6.00. The number of aryl methyl sites for hydroxylation is 2. The van der Waals surface area contributed by atoms with E-state index >= 15 is 0 Å². The molecule has 3 rings (SSSR count). The van der Waals surface area contributed by atoms with Gasteiger partial charge in [0.2, 0.25) is 5.78 Å². The number of carbonyl (C=O) groups excluding carboxylic acids is 1. The first kappa shape index (κ1) is 13.0. The minimum atomic E-state index is -0.274. The molecule has 1 heterocycles. The number of hydrogen-bond donors (Lipinski definition) is 0. The van der Waals surface area contributed by atoms with E-state index in [-0.39, 0.29) is 11.6 Å². The molecule has 0 bridgehead atoms. The number of hydrogen-bond acceptors (Lipinski definition) is 2. The van der Waals surface area contributed by atoms with E-state index in [0.717, 1.165) is 15.6 Å². The summed E-state index contributed by atoms with van der Waals surface area (Å²) in [5.41, 5.74) is 2.95. The van der Waals surface area contributed by atoms with Crippen LogP contribution in [0.2, 0.25) is 0 Å². The summed E-state index contributed by atoms with van der Waals surface area (Å²) in [6.07, 6.45) is 0. The summed E-state index contributed by atoms with van der Waals surface area (Å²) >= 11 is 1.33. The lowest BCUT2D eigenvalue weighted by atomic mass is 10.0. The molecule has 1 nitrogen and oxygen atoms in total. The number of benzene rings is 2. The van der Waals surface area contributed by atoms with Crippen molar-refractivity contribution in [3.8, 4) is 0 Å². The maximum atomic E-state index is 13.2. The third-order valence-electron chi connectivity index (χ3n) is 3.48. The topological polar surface area (TPSA) is 17.1 Å². The molecule has 0 saturated heterocycles. The molecule has 0 fully saturated rings. The number of carbonyl (C=O) groups is 1. The van der Waals surface area contributed by atoms with Gasteiger partial charge in [-0.3, -0.25) is 4.79 Å². The second kappa shape index (κ2) is 4.84. The van der Waals surface area contributed by atoms with E-state index in [9.17, 15) is 9.18 Å². The molecule has 0 aliphatic rings. The monoisotopic (exact) mass is 284 g/mol. The summed E-state index contributed by atoms with van der Waals surface area (Å²) in [4.78, 5) is 13.1. The lowest BCUT2D eigenvalue weighted by Crippen LogP contribution is -1.99. The van der Waals surface area contributed by atoms with Gasteiger partial charge in [0.25, 0.3) is 0 Å². The molecular formula is C17H13FOS. The molecule has 2 aromatic carbocycles. The van der Waals surface area contributed by atoms with Crippen LogP contribution < -0.4 is 0 Å². The lowest BCUT2D eigenvalue weighted by molar-refractivity contribution is 0.104. The van der Waals surface area contributed by atoms with E-state index in [1.165, 1.54) is 29.0 Å². The van der Waals surface area contributed by atoms with E-state index in [4.69, 9.17) is 0 Å². The smallest absolute Gasteiger partial charge is 0.202 e. The first-order chi connectivity index (χ1) is 9.54. The Labute approximate surface area is 120 Å². The van der Waals surface area contributed by atoms with Gasteiger partial charge >= 0.3 is 0 Å². The largest absolute Gasteiger partial charge is 0.288 e. The van der Waals surface area contributed by atoms with Crippen LogP contribution >= 0.6 is 11.3 Å². The van der Waals surface area contributed by atoms with Crippen molar-refractivity contribution in [3.05, 3.63) is 69.8 Å². The van der Waals surface area contributed by atoms with Gasteiger partial charge in [-0.05, 0) is 54.6 Å². The summed E-state index contributed by atoms with van der Waals surface area (Å²) in [6.45, 7) is 4.01. The van der Waals surface area contributed by atoms with Gasteiger partial charge in [0.1, 0.15) is 5.82 Å². The molecule has 3 heteroatoms. The van der Waals surface area contributed by atoms with Crippen molar-refractivity contribution >= 4 is 27.2 Å². The zero-order valence-corrected chi connectivity index (χ0v) is 12.1. The Kier molecular flexibility index (Phi) is 3.14. The zero-order valence-electron chi connectivity index (χ0n) is 11.2. The summed E-state index contributed by atoms with van der Waals surface area (Å²) in [5, 5.41) is 0.906. The average Bonchev–Trinajstić information content (AvgIpc) is 2.84. The number of fused-ring (bicyclic) bond motifs is 1. The van der Waals surface area contributed by atoms with Gasteiger partial charge in [-0.1, -0.05) is 18.2 Å². The van der Waals surface area contributed by atoms with Crippen molar-refractivity contribution in [2.45, 2.75) is 13.8 Å². The Balaban J connectivity index is 2.05. The molecule has 0 saturated carbocycles. The molecule has 0 spiro atoms. The van der Waals surface area contributed by atoms with Crippen molar-refractivity contribution in [1.29, 1.82) is 0 Å². The van der Waals surface area contributed by atoms with Gasteiger partial charge in [-0.2, -0.15) is 0 Å². The molecule has 0 unspecified atom stereocenters. The van der Waals surface area contributed by atoms with Crippen LogP contribution in [0.4, 0.5) is 4.39 Å². The van der Waals surface area contributed by atoms with Gasteiger partial charge in [-0.15, -0.1) is 11.3 Å². The van der Waals surface area contributed by atoms with Gasteiger partial charge < -0.3 is 0 Å². The highest BCUT2D eigenvalue weighted by Crippen LogP contribution is 2.28. The maximum Gasteiger partial charge on any atom is 0.202 e. The third kappa shape index (κ3) is 2.25. The van der Waals surface area contributed by atoms with Crippen LogP contribution in [-0.2, 0) is 0 Å². The van der Waals surface area contributed by atoms with Crippen LogP contribution in [0.3, 0.4) is 0 Å². The van der Waals surface area contributed by atoms with Crippen LogP contribution in [0.15, 0.2) is 42.5 Å². The molecule has 0 radical (unpaired) electrons. The Morgan fingerprint density at radius 3 is 2.55 bits per heavy atom. The molecule has 100 valence electrons. The molecular weight excluding hydrogens is 271 g/mol. The number of rotatable bonds is 2. The normalized spacial score (nSPS) is 10.9. The SMILES string of the molecule is Cc1ccc(C(=O)c2cc3ccc(F)cc3s2)cc1C. The van der Waals surface area contributed by atoms with Gasteiger partial charge in [-0.25, -0.2) is 4.39 Å². The standard InChI is InChI=1S/C17H13FOS/c1-10-3-4-13(7-11(10)2)17(19)16-8-12-5-6-14(18)9-15(12)20-16/h3-9H,1-2H3. The Bertz CT molecular complexity index is 817. The molecule has 0 N–H and O–H groups in total. The van der Waals surface area contributed by atoms with Crippen molar-refractivity contribution in [1.82, 2.24) is 0 Å². The highest BCUT2D eigenvalue weighted by atomic mass is 32.1. The first-order valence-electron chi connectivity index (χ1n) is 6.35. The minimum Gasteiger partial charge on any atom is -0.288 e. The summed E-state index contributed by atoms with van der Waals surface area (Å²) in [7, 11) is 0. The van der Waals surface area contributed by atoms with Crippen LogP contribution in [0, 0.1) is 19.7 Å². The predicted octanol–water partition coefficient (Wildman–Crippen LogP) is 4.89. The Morgan fingerprint density at radius 1 is 1.00 bits per heavy atom. The fraction of sp³-hybridized carbons (Fsp3) is 0.118. The fourth-order valence-corrected chi connectivity index (χ4v) is 3.19. The average molecular weight is 284 g/mol. The summed E-state index contributed by atoms with van der Waals surface area (Å²) < 4.78 is 14.0. The Morgan fingerprint density at radius 2 is 1.80 bits per heavy atom. The van der Waals surface area contributed by atoms with Gasteiger partial charge in [0, 0.05) is 10.3 Å². The van der Waals surface area contributed by atoms with Crippen molar-refractivity contribution in [2.75, 3.05) is 0 Å². The van der Waals surface area contributed by atoms with E-state index in [1.54, 1.807) is 6.07 Å². The fourth-order valence-electron chi connectivity index (χ4n) is 2.14. The van der Waals surface area contributed by atoms with E-state index in [1.807, 2.05) is 38.1 Å². The quantitative estimate of drug-likeness (QED) is 0.612. The first-order valence-corrected chi connectivity index (χ1v) is 7.17. The molecule has 1 aromatic heterocycles.